The van der Waals surface area contributed by atoms with Crippen molar-refractivity contribution < 1.29 is 31.3 Å². The second kappa shape index (κ2) is 8.73. The number of carbonyl (C=O) groups is 1. The molecule has 3 rings (SSSR count). The summed E-state index contributed by atoms with van der Waals surface area (Å²) in [6.07, 6.45) is -4.90. The van der Waals surface area contributed by atoms with Crippen LogP contribution in [0.4, 0.5) is 24.5 Å². The summed E-state index contributed by atoms with van der Waals surface area (Å²) in [7, 11) is -4.76. The van der Waals surface area contributed by atoms with Crippen LogP contribution in [0.1, 0.15) is 29.9 Å². The van der Waals surface area contributed by atoms with Crippen LogP contribution >= 0.6 is 0 Å². The van der Waals surface area contributed by atoms with Crippen molar-refractivity contribution in [3.8, 4) is 0 Å². The molecular formula is C20H19F3N4O5S. The van der Waals surface area contributed by atoms with Gasteiger partial charge in [-0.1, -0.05) is 18.2 Å². The van der Waals surface area contributed by atoms with E-state index in [-0.39, 0.29) is 17.4 Å². The minimum Gasteiger partial charge on any atom is -0.349 e. The van der Waals surface area contributed by atoms with Crippen LogP contribution < -0.4 is 4.72 Å². The third-order valence-electron chi connectivity index (χ3n) is 4.98. The Morgan fingerprint density at radius 1 is 1.15 bits per heavy atom. The van der Waals surface area contributed by atoms with Crippen molar-refractivity contribution in [2.75, 3.05) is 17.8 Å². The van der Waals surface area contributed by atoms with Crippen LogP contribution in [-0.2, 0) is 16.2 Å². The Balaban J connectivity index is 2.17. The van der Waals surface area contributed by atoms with Crippen LogP contribution in [0.2, 0.25) is 0 Å². The molecule has 0 radical (unpaired) electrons. The van der Waals surface area contributed by atoms with E-state index in [1.165, 1.54) is 11.0 Å². The average Bonchev–Trinajstić information content (AvgIpc) is 3.11. The summed E-state index contributed by atoms with van der Waals surface area (Å²) in [6.45, 7) is 4.14. The first-order chi connectivity index (χ1) is 15.4. The van der Waals surface area contributed by atoms with E-state index < -0.39 is 43.2 Å². The van der Waals surface area contributed by atoms with Gasteiger partial charge in [-0.25, -0.2) is 8.42 Å². The number of alkyl halides is 3. The number of nitrogens with zero attached hydrogens (tertiary/aromatic N) is 2. The van der Waals surface area contributed by atoms with Crippen molar-refractivity contribution in [2.24, 2.45) is 0 Å². The molecule has 0 bridgehead atoms. The number of sulfonamides is 1. The topological polar surface area (TPSA) is 125 Å². The molecule has 9 nitrogen and oxygen atoms in total. The molecule has 0 saturated carbocycles. The van der Waals surface area contributed by atoms with Gasteiger partial charge in [0.2, 0.25) is 0 Å². The van der Waals surface area contributed by atoms with E-state index in [0.29, 0.717) is 36.1 Å². The van der Waals surface area contributed by atoms with Crippen molar-refractivity contribution in [3.05, 3.63) is 63.8 Å². The fourth-order valence-electron chi connectivity index (χ4n) is 3.33. The van der Waals surface area contributed by atoms with E-state index in [0.717, 1.165) is 0 Å². The number of fused-ring (bicyclic) bond motifs is 1. The first kappa shape index (κ1) is 24.0. The van der Waals surface area contributed by atoms with Crippen LogP contribution in [0.3, 0.4) is 0 Å². The average molecular weight is 484 g/mol. The van der Waals surface area contributed by atoms with Gasteiger partial charge in [-0.05, 0) is 32.0 Å². The Morgan fingerprint density at radius 3 is 2.36 bits per heavy atom. The number of H-pyrrole nitrogens is 1. The van der Waals surface area contributed by atoms with E-state index in [9.17, 15) is 36.5 Å². The number of aromatic nitrogens is 1. The normalized spacial score (nSPS) is 12.0. The third-order valence-corrected chi connectivity index (χ3v) is 6.38. The summed E-state index contributed by atoms with van der Waals surface area (Å²) in [5.74, 6) is -0.518. The predicted octanol–water partition coefficient (Wildman–Crippen LogP) is 4.38. The van der Waals surface area contributed by atoms with Gasteiger partial charge in [0.1, 0.15) is 5.69 Å². The maximum atomic E-state index is 13.1. The number of aromatic amines is 1. The number of halogens is 3. The van der Waals surface area contributed by atoms with Gasteiger partial charge in [0.25, 0.3) is 21.6 Å². The number of anilines is 1. The van der Waals surface area contributed by atoms with Gasteiger partial charge in [0.15, 0.2) is 4.90 Å². The predicted molar refractivity (Wildman–Crippen MR) is 114 cm³/mol. The van der Waals surface area contributed by atoms with E-state index in [4.69, 9.17) is 0 Å². The molecule has 1 heterocycles. The highest BCUT2D eigenvalue weighted by Gasteiger charge is 2.36. The summed E-state index contributed by atoms with van der Waals surface area (Å²) in [6, 6.07) is 7.51. The molecule has 0 fully saturated rings. The Labute approximate surface area is 186 Å². The van der Waals surface area contributed by atoms with Crippen LogP contribution in [0, 0.1) is 10.1 Å². The minimum atomic E-state index is -4.90. The summed E-state index contributed by atoms with van der Waals surface area (Å²) >= 11 is 0. The molecule has 0 aliphatic rings. The van der Waals surface area contributed by atoms with Gasteiger partial charge in [0.05, 0.1) is 16.2 Å². The molecule has 0 saturated heterocycles. The van der Waals surface area contributed by atoms with E-state index in [2.05, 4.69) is 9.71 Å². The first-order valence-electron chi connectivity index (χ1n) is 9.69. The maximum absolute atomic E-state index is 13.1. The maximum Gasteiger partial charge on any atom is 0.416 e. The second-order valence-electron chi connectivity index (χ2n) is 6.94. The number of benzene rings is 2. The molecular weight excluding hydrogens is 465 g/mol. The number of hydrogen-bond acceptors (Lipinski definition) is 5. The van der Waals surface area contributed by atoms with Crippen LogP contribution in [-0.4, -0.2) is 42.2 Å². The molecule has 0 aliphatic heterocycles. The van der Waals surface area contributed by atoms with Gasteiger partial charge in [-0.3, -0.25) is 19.6 Å². The molecule has 3 aromatic rings. The van der Waals surface area contributed by atoms with E-state index in [1.54, 1.807) is 32.0 Å². The molecule has 0 spiro atoms. The number of nitro benzene ring substituents is 1. The number of nitro groups is 1. The zero-order chi connectivity index (χ0) is 24.6. The summed E-state index contributed by atoms with van der Waals surface area (Å²) in [5, 5.41) is 11.7. The van der Waals surface area contributed by atoms with Gasteiger partial charge in [-0.15, -0.1) is 0 Å². The van der Waals surface area contributed by atoms with Crippen molar-refractivity contribution in [3.63, 3.8) is 0 Å². The fourth-order valence-corrected chi connectivity index (χ4v) is 4.58. The van der Waals surface area contributed by atoms with E-state index >= 15 is 0 Å². The lowest BCUT2D eigenvalue weighted by Gasteiger charge is -2.19. The lowest BCUT2D eigenvalue weighted by atomic mass is 10.2. The Bertz CT molecular complexity index is 1330. The molecule has 2 aromatic carbocycles. The lowest BCUT2D eigenvalue weighted by molar-refractivity contribution is -0.388. The summed E-state index contributed by atoms with van der Waals surface area (Å²) < 4.78 is 67.3. The Kier molecular flexibility index (Phi) is 6.36. The SMILES string of the molecule is CCN(CC)C(=O)c1[nH]c2ccccc2c1NS(=O)(=O)c1ccc(C(F)(F)F)cc1[N+](=O)[O-]. The summed E-state index contributed by atoms with van der Waals surface area (Å²) in [4.78, 5) is 26.5. The number of para-hydroxylation sites is 1. The highest BCUT2D eigenvalue weighted by molar-refractivity contribution is 7.93. The van der Waals surface area contributed by atoms with Crippen molar-refractivity contribution >= 4 is 38.2 Å². The molecule has 176 valence electrons. The van der Waals surface area contributed by atoms with Gasteiger partial charge >= 0.3 is 6.18 Å². The van der Waals surface area contributed by atoms with Crippen LogP contribution in [0.15, 0.2) is 47.4 Å². The first-order valence-corrected chi connectivity index (χ1v) is 11.2. The fraction of sp³-hybridized carbons (Fsp3) is 0.250. The quantitative estimate of drug-likeness (QED) is 0.380. The second-order valence-corrected chi connectivity index (χ2v) is 8.59. The number of carbonyl (C=O) groups excluding carboxylic acids is 1. The Hall–Kier alpha value is -3.61. The minimum absolute atomic E-state index is 0.0990. The highest BCUT2D eigenvalue weighted by atomic mass is 32.2. The standard InChI is InChI=1S/C20H19F3N4O5S/c1-3-26(4-2)19(28)18-17(13-7-5-6-8-14(13)24-18)25-33(31,32)16-10-9-12(20(21,22)23)11-15(16)27(29)30/h5-11,24-25H,3-4H2,1-2H3. The van der Waals surface area contributed by atoms with Crippen molar-refractivity contribution in [1.29, 1.82) is 0 Å². The molecule has 0 atom stereocenters. The van der Waals surface area contributed by atoms with Crippen LogP contribution in [0.5, 0.6) is 0 Å². The highest BCUT2D eigenvalue weighted by Crippen LogP contribution is 2.36. The molecule has 2 N–H and O–H groups in total. The summed E-state index contributed by atoms with van der Waals surface area (Å²) in [5.41, 5.74) is -2.44. The smallest absolute Gasteiger partial charge is 0.349 e. The number of rotatable bonds is 7. The van der Waals surface area contributed by atoms with Crippen molar-refractivity contribution in [1.82, 2.24) is 9.88 Å². The molecule has 0 unspecified atom stereocenters. The molecule has 1 aromatic heterocycles. The zero-order valence-electron chi connectivity index (χ0n) is 17.4. The monoisotopic (exact) mass is 484 g/mol. The molecule has 1 amide bonds. The molecule has 13 heteroatoms. The molecule has 0 aliphatic carbocycles. The van der Waals surface area contributed by atoms with Gasteiger partial charge in [0, 0.05) is 30.1 Å². The van der Waals surface area contributed by atoms with E-state index in [1.807, 2.05) is 0 Å². The van der Waals surface area contributed by atoms with Crippen LogP contribution in [0.25, 0.3) is 10.9 Å². The van der Waals surface area contributed by atoms with Gasteiger partial charge < -0.3 is 9.88 Å². The van der Waals surface area contributed by atoms with Crippen molar-refractivity contribution in [2.45, 2.75) is 24.9 Å². The number of amides is 1. The number of nitrogens with one attached hydrogen (secondary N) is 2. The largest absolute Gasteiger partial charge is 0.416 e. The molecule has 33 heavy (non-hydrogen) atoms. The number of hydrogen-bond donors (Lipinski definition) is 2. The lowest BCUT2D eigenvalue weighted by Crippen LogP contribution is -2.31. The zero-order valence-corrected chi connectivity index (χ0v) is 18.2. The third kappa shape index (κ3) is 4.62. The van der Waals surface area contributed by atoms with Gasteiger partial charge in [-0.2, -0.15) is 13.2 Å². The Morgan fingerprint density at radius 2 is 1.79 bits per heavy atom.